The van der Waals surface area contributed by atoms with Gasteiger partial charge in [-0.2, -0.15) is 0 Å². The molecule has 1 aromatic carbocycles. The minimum absolute atomic E-state index is 0.158. The van der Waals surface area contributed by atoms with E-state index < -0.39 is 0 Å². The minimum atomic E-state index is -0.353. The number of benzene rings is 1. The van der Waals surface area contributed by atoms with E-state index >= 15 is 0 Å². The van der Waals surface area contributed by atoms with Crippen molar-refractivity contribution in [3.05, 3.63) is 54.8 Å². The number of aromatic nitrogens is 1. The van der Waals surface area contributed by atoms with Crippen molar-refractivity contribution < 1.29 is 4.79 Å². The van der Waals surface area contributed by atoms with Crippen LogP contribution in [0.2, 0.25) is 15.2 Å². The average molecular weight is 427 g/mol. The lowest BCUT2D eigenvalue weighted by Crippen LogP contribution is -2.12. The molecule has 0 unspecified atom stereocenters. The molecule has 98 valence electrons. The van der Waals surface area contributed by atoms with Gasteiger partial charge in [-0.1, -0.05) is 34.8 Å². The molecule has 7 heteroatoms. The van der Waals surface area contributed by atoms with Crippen LogP contribution in [0.5, 0.6) is 0 Å². The predicted molar refractivity (Wildman–Crippen MR) is 86.4 cm³/mol. The molecule has 2 rings (SSSR count). The quantitative estimate of drug-likeness (QED) is 0.547. The van der Waals surface area contributed by atoms with Gasteiger partial charge in [0, 0.05) is 9.77 Å². The normalized spacial score (nSPS) is 10.3. The fraction of sp³-hybridized carbons (Fsp3) is 0. The van der Waals surface area contributed by atoms with E-state index in [0.29, 0.717) is 16.3 Å². The third kappa shape index (κ3) is 3.72. The van der Waals surface area contributed by atoms with Gasteiger partial charge in [0.15, 0.2) is 0 Å². The largest absolute Gasteiger partial charge is 0.321 e. The molecule has 1 aromatic heterocycles. The Kier molecular flexibility index (Phi) is 4.89. The van der Waals surface area contributed by atoms with Gasteiger partial charge in [0.1, 0.15) is 5.15 Å². The first-order valence-electron chi connectivity index (χ1n) is 5.05. The summed E-state index contributed by atoms with van der Waals surface area (Å²) in [5.41, 5.74) is 0.835. The summed E-state index contributed by atoms with van der Waals surface area (Å²) in [6.45, 7) is 0. The van der Waals surface area contributed by atoms with Crippen molar-refractivity contribution in [3.63, 3.8) is 0 Å². The van der Waals surface area contributed by atoms with E-state index in [4.69, 9.17) is 34.8 Å². The Balaban J connectivity index is 2.23. The molecule has 3 nitrogen and oxygen atoms in total. The number of anilines is 1. The van der Waals surface area contributed by atoms with Gasteiger partial charge in [0.05, 0.1) is 21.3 Å². The Morgan fingerprint density at radius 3 is 2.53 bits per heavy atom. The first kappa shape index (κ1) is 14.8. The molecule has 0 saturated heterocycles. The zero-order valence-electron chi connectivity index (χ0n) is 9.25. The van der Waals surface area contributed by atoms with E-state index in [1.165, 1.54) is 12.3 Å². The lowest BCUT2D eigenvalue weighted by Gasteiger charge is -2.07. The first-order chi connectivity index (χ1) is 8.97. The lowest BCUT2D eigenvalue weighted by molar-refractivity contribution is 0.102. The summed E-state index contributed by atoms with van der Waals surface area (Å²) in [5, 5.41) is 3.53. The zero-order chi connectivity index (χ0) is 14.0. The van der Waals surface area contributed by atoms with Gasteiger partial charge in [0.2, 0.25) is 0 Å². The number of carbonyl (C=O) groups is 1. The van der Waals surface area contributed by atoms with Crippen LogP contribution in [0.25, 0.3) is 0 Å². The zero-order valence-corrected chi connectivity index (χ0v) is 13.7. The van der Waals surface area contributed by atoms with Gasteiger partial charge in [0.25, 0.3) is 5.91 Å². The highest BCUT2D eigenvalue weighted by Crippen LogP contribution is 2.25. The van der Waals surface area contributed by atoms with Crippen LogP contribution in [0.4, 0.5) is 5.69 Å². The summed E-state index contributed by atoms with van der Waals surface area (Å²) in [4.78, 5) is 15.8. The SMILES string of the molecule is O=C(Nc1ccc(I)cc1Cl)c1cnc(Cl)c(Cl)c1. The monoisotopic (exact) mass is 426 g/mol. The maximum Gasteiger partial charge on any atom is 0.257 e. The number of amides is 1. The Bertz CT molecular complexity index is 649. The van der Waals surface area contributed by atoms with E-state index in [0.717, 1.165) is 3.57 Å². The van der Waals surface area contributed by atoms with Crippen LogP contribution in [0.15, 0.2) is 30.5 Å². The maximum atomic E-state index is 12.0. The van der Waals surface area contributed by atoms with Crippen molar-refractivity contribution in [1.29, 1.82) is 0 Å². The van der Waals surface area contributed by atoms with Crippen LogP contribution < -0.4 is 5.32 Å². The number of hydrogen-bond donors (Lipinski definition) is 1. The molecule has 0 saturated carbocycles. The standard InChI is InChI=1S/C12H6Cl3IN2O/c13-8-4-7(16)1-2-10(8)18-12(19)6-3-9(14)11(15)17-5-6/h1-5H,(H,18,19). The maximum absolute atomic E-state index is 12.0. The van der Waals surface area contributed by atoms with E-state index in [2.05, 4.69) is 32.9 Å². The number of halogens is 4. The molecule has 0 spiro atoms. The number of nitrogens with zero attached hydrogens (tertiary/aromatic N) is 1. The predicted octanol–water partition coefficient (Wildman–Crippen LogP) is 4.90. The molecule has 1 N–H and O–H groups in total. The Labute approximate surface area is 138 Å². The Hall–Kier alpha value is -0.560. The van der Waals surface area contributed by atoms with E-state index in [-0.39, 0.29) is 16.1 Å². The number of hydrogen-bond acceptors (Lipinski definition) is 2. The Morgan fingerprint density at radius 2 is 1.89 bits per heavy atom. The van der Waals surface area contributed by atoms with Crippen molar-refractivity contribution >= 4 is 69.0 Å². The second-order valence-electron chi connectivity index (χ2n) is 3.57. The van der Waals surface area contributed by atoms with E-state index in [9.17, 15) is 4.79 Å². The number of nitrogens with one attached hydrogen (secondary N) is 1. The molecule has 2 aromatic rings. The highest BCUT2D eigenvalue weighted by molar-refractivity contribution is 14.1. The lowest BCUT2D eigenvalue weighted by atomic mass is 10.2. The molecule has 1 amide bonds. The van der Waals surface area contributed by atoms with Crippen LogP contribution in [0.1, 0.15) is 10.4 Å². The van der Waals surface area contributed by atoms with Crippen LogP contribution in [-0.4, -0.2) is 10.9 Å². The summed E-state index contributed by atoms with van der Waals surface area (Å²) in [5.74, 6) is -0.353. The van der Waals surface area contributed by atoms with E-state index in [1.54, 1.807) is 12.1 Å². The van der Waals surface area contributed by atoms with Crippen LogP contribution >= 0.6 is 57.4 Å². The van der Waals surface area contributed by atoms with Gasteiger partial charge in [-0.3, -0.25) is 4.79 Å². The highest BCUT2D eigenvalue weighted by atomic mass is 127. The highest BCUT2D eigenvalue weighted by Gasteiger charge is 2.11. The molecular weight excluding hydrogens is 421 g/mol. The summed E-state index contributed by atoms with van der Waals surface area (Å²) in [6, 6.07) is 6.78. The fourth-order valence-electron chi connectivity index (χ4n) is 1.33. The van der Waals surface area contributed by atoms with Crippen LogP contribution in [0, 0.1) is 3.57 Å². The molecule has 0 aliphatic rings. The molecule has 0 fully saturated rings. The van der Waals surface area contributed by atoms with Crippen molar-refractivity contribution in [1.82, 2.24) is 4.98 Å². The van der Waals surface area contributed by atoms with Crippen molar-refractivity contribution in [2.24, 2.45) is 0 Å². The van der Waals surface area contributed by atoms with Crippen LogP contribution in [0.3, 0.4) is 0 Å². The molecule has 0 bridgehead atoms. The molecule has 0 atom stereocenters. The first-order valence-corrected chi connectivity index (χ1v) is 7.26. The topological polar surface area (TPSA) is 42.0 Å². The average Bonchev–Trinajstić information content (AvgIpc) is 2.36. The van der Waals surface area contributed by atoms with Crippen molar-refractivity contribution in [2.75, 3.05) is 5.32 Å². The summed E-state index contributed by atoms with van der Waals surface area (Å²) >= 11 is 19.7. The molecule has 0 radical (unpaired) electrons. The molecule has 0 aliphatic heterocycles. The summed E-state index contributed by atoms with van der Waals surface area (Å²) in [7, 11) is 0. The van der Waals surface area contributed by atoms with Gasteiger partial charge in [-0.25, -0.2) is 4.98 Å². The van der Waals surface area contributed by atoms with Crippen LogP contribution in [-0.2, 0) is 0 Å². The summed E-state index contributed by atoms with van der Waals surface area (Å²) in [6.07, 6.45) is 1.35. The Morgan fingerprint density at radius 1 is 1.16 bits per heavy atom. The number of rotatable bonds is 2. The number of pyridine rings is 1. The smallest absolute Gasteiger partial charge is 0.257 e. The second kappa shape index (κ2) is 6.26. The third-order valence-electron chi connectivity index (χ3n) is 2.24. The summed E-state index contributed by atoms with van der Waals surface area (Å²) < 4.78 is 0.983. The molecule has 0 aliphatic carbocycles. The van der Waals surface area contributed by atoms with Gasteiger partial charge < -0.3 is 5.32 Å². The van der Waals surface area contributed by atoms with Crippen molar-refractivity contribution in [3.8, 4) is 0 Å². The molecule has 19 heavy (non-hydrogen) atoms. The molecule has 1 heterocycles. The molecular formula is C12H6Cl3IN2O. The third-order valence-corrected chi connectivity index (χ3v) is 3.91. The fourth-order valence-corrected chi connectivity index (χ4v) is 2.50. The van der Waals surface area contributed by atoms with E-state index in [1.807, 2.05) is 6.07 Å². The second-order valence-corrected chi connectivity index (χ2v) is 5.99. The van der Waals surface area contributed by atoms with Gasteiger partial charge >= 0.3 is 0 Å². The van der Waals surface area contributed by atoms with Gasteiger partial charge in [-0.05, 0) is 46.9 Å². The number of carbonyl (C=O) groups excluding carboxylic acids is 1. The van der Waals surface area contributed by atoms with Crippen molar-refractivity contribution in [2.45, 2.75) is 0 Å². The minimum Gasteiger partial charge on any atom is -0.321 e. The van der Waals surface area contributed by atoms with Gasteiger partial charge in [-0.15, -0.1) is 0 Å².